The van der Waals surface area contributed by atoms with Gasteiger partial charge in [-0.1, -0.05) is 11.1 Å². The molecule has 6 heteroatoms. The number of hydrogen-bond acceptors (Lipinski definition) is 5. The highest BCUT2D eigenvalue weighted by atomic mass is 16.5. The van der Waals surface area contributed by atoms with Crippen molar-refractivity contribution in [1.82, 2.24) is 15.0 Å². The number of carboxylic acid groups (broad SMARTS) is 1. The summed E-state index contributed by atoms with van der Waals surface area (Å²) in [7, 11) is 0. The van der Waals surface area contributed by atoms with E-state index in [4.69, 9.17) is 16.1 Å². The molecule has 0 radical (unpaired) electrons. The first-order valence-electron chi connectivity index (χ1n) is 3.85. The number of nitrogens with zero attached hydrogens (tertiary/aromatic N) is 3. The normalized spacial score (nSPS) is 10.0. The maximum atomic E-state index is 10.4. The SMILES string of the molecule is C#CCN(CC(=O)O)Cc1ncno1. The smallest absolute Gasteiger partial charge is 0.317 e. The lowest BCUT2D eigenvalue weighted by molar-refractivity contribution is -0.138. The van der Waals surface area contributed by atoms with Crippen molar-refractivity contribution in [3.63, 3.8) is 0 Å². The van der Waals surface area contributed by atoms with Gasteiger partial charge in [-0.05, 0) is 0 Å². The number of carboxylic acids is 1. The van der Waals surface area contributed by atoms with Gasteiger partial charge in [0.2, 0.25) is 5.89 Å². The van der Waals surface area contributed by atoms with Gasteiger partial charge in [0.25, 0.3) is 0 Å². The summed E-state index contributed by atoms with van der Waals surface area (Å²) in [6.45, 7) is 0.331. The molecule has 0 saturated heterocycles. The Labute approximate surface area is 80.5 Å². The third-order valence-electron chi connectivity index (χ3n) is 1.44. The van der Waals surface area contributed by atoms with Crippen molar-refractivity contribution in [1.29, 1.82) is 0 Å². The number of aliphatic carboxylic acids is 1. The second-order valence-electron chi connectivity index (χ2n) is 2.58. The second kappa shape index (κ2) is 4.99. The zero-order chi connectivity index (χ0) is 10.4. The van der Waals surface area contributed by atoms with Gasteiger partial charge in [-0.25, -0.2) is 0 Å². The van der Waals surface area contributed by atoms with Crippen LogP contribution in [0.15, 0.2) is 10.9 Å². The molecule has 0 aliphatic heterocycles. The van der Waals surface area contributed by atoms with Gasteiger partial charge in [-0.3, -0.25) is 9.69 Å². The molecule has 14 heavy (non-hydrogen) atoms. The molecule has 1 N–H and O–H groups in total. The lowest BCUT2D eigenvalue weighted by atomic mass is 10.4. The average molecular weight is 195 g/mol. The van der Waals surface area contributed by atoms with E-state index in [1.54, 1.807) is 0 Å². The van der Waals surface area contributed by atoms with Crippen molar-refractivity contribution in [3.05, 3.63) is 12.2 Å². The zero-order valence-corrected chi connectivity index (χ0v) is 7.38. The van der Waals surface area contributed by atoms with Crippen LogP contribution in [0.5, 0.6) is 0 Å². The Morgan fingerprint density at radius 3 is 3.07 bits per heavy atom. The highest BCUT2D eigenvalue weighted by molar-refractivity contribution is 5.69. The van der Waals surface area contributed by atoms with Crippen molar-refractivity contribution < 1.29 is 14.4 Å². The van der Waals surface area contributed by atoms with E-state index in [2.05, 4.69) is 16.1 Å². The predicted molar refractivity (Wildman–Crippen MR) is 46.0 cm³/mol. The fourth-order valence-corrected chi connectivity index (χ4v) is 0.945. The molecule has 0 fully saturated rings. The molecule has 0 aliphatic carbocycles. The predicted octanol–water partition coefficient (Wildman–Crippen LogP) is -0.411. The Balaban J connectivity index is 2.52. The van der Waals surface area contributed by atoms with Gasteiger partial charge >= 0.3 is 5.97 Å². The minimum absolute atomic E-state index is 0.146. The fourth-order valence-electron chi connectivity index (χ4n) is 0.945. The van der Waals surface area contributed by atoms with E-state index in [9.17, 15) is 4.79 Å². The Morgan fingerprint density at radius 1 is 1.79 bits per heavy atom. The summed E-state index contributed by atoms with van der Waals surface area (Å²) in [5.74, 6) is 1.76. The van der Waals surface area contributed by atoms with Crippen LogP contribution in [0.4, 0.5) is 0 Å². The molecule has 1 aromatic heterocycles. The summed E-state index contributed by atoms with van der Waals surface area (Å²) in [6.07, 6.45) is 6.34. The summed E-state index contributed by atoms with van der Waals surface area (Å²) in [4.78, 5) is 15.7. The van der Waals surface area contributed by atoms with Crippen molar-refractivity contribution in [2.45, 2.75) is 6.54 Å². The first-order valence-corrected chi connectivity index (χ1v) is 3.85. The molecule has 0 bridgehead atoms. The molecule has 0 aromatic carbocycles. The van der Waals surface area contributed by atoms with Gasteiger partial charge in [0.1, 0.15) is 0 Å². The summed E-state index contributed by atoms with van der Waals surface area (Å²) in [5.41, 5.74) is 0. The van der Waals surface area contributed by atoms with Crippen LogP contribution in [0, 0.1) is 12.3 Å². The van der Waals surface area contributed by atoms with Gasteiger partial charge < -0.3 is 9.63 Å². The number of rotatable bonds is 5. The van der Waals surface area contributed by atoms with Crippen LogP contribution in [0.3, 0.4) is 0 Å². The van der Waals surface area contributed by atoms with Crippen molar-refractivity contribution in [3.8, 4) is 12.3 Å². The molecule has 0 saturated carbocycles. The average Bonchev–Trinajstić information content (AvgIpc) is 2.56. The van der Waals surface area contributed by atoms with Gasteiger partial charge in [0, 0.05) is 0 Å². The van der Waals surface area contributed by atoms with E-state index in [-0.39, 0.29) is 19.6 Å². The lowest BCUT2D eigenvalue weighted by Crippen LogP contribution is -2.29. The summed E-state index contributed by atoms with van der Waals surface area (Å²) in [5, 5.41) is 12.0. The standard InChI is InChI=1S/C8H9N3O3/c1-2-3-11(5-8(12)13)4-7-9-6-10-14-7/h1,6H,3-5H2,(H,12,13). The lowest BCUT2D eigenvalue weighted by Gasteiger charge is -2.13. The zero-order valence-electron chi connectivity index (χ0n) is 7.38. The van der Waals surface area contributed by atoms with Crippen LogP contribution in [0.1, 0.15) is 5.89 Å². The van der Waals surface area contributed by atoms with Crippen molar-refractivity contribution >= 4 is 5.97 Å². The topological polar surface area (TPSA) is 79.5 Å². The van der Waals surface area contributed by atoms with E-state index in [0.717, 1.165) is 0 Å². The molecule has 0 atom stereocenters. The Bertz CT molecular complexity index is 328. The molecule has 74 valence electrons. The number of carbonyl (C=O) groups is 1. The second-order valence-corrected chi connectivity index (χ2v) is 2.58. The van der Waals surface area contributed by atoms with Crippen LogP contribution < -0.4 is 0 Å². The maximum Gasteiger partial charge on any atom is 0.317 e. The first-order chi connectivity index (χ1) is 6.72. The molecule has 1 aromatic rings. The number of hydrogen-bond donors (Lipinski definition) is 1. The Morgan fingerprint density at radius 2 is 2.57 bits per heavy atom. The third-order valence-corrected chi connectivity index (χ3v) is 1.44. The van der Waals surface area contributed by atoms with Crippen LogP contribution >= 0.6 is 0 Å². The van der Waals surface area contributed by atoms with E-state index in [1.165, 1.54) is 11.2 Å². The molecule has 0 unspecified atom stereocenters. The molecule has 0 amide bonds. The maximum absolute atomic E-state index is 10.4. The molecular weight excluding hydrogens is 186 g/mol. The minimum atomic E-state index is -0.945. The summed E-state index contributed by atoms with van der Waals surface area (Å²) >= 11 is 0. The van der Waals surface area contributed by atoms with Gasteiger partial charge in [-0.15, -0.1) is 6.42 Å². The number of aromatic nitrogens is 2. The highest BCUT2D eigenvalue weighted by Crippen LogP contribution is 1.98. The number of terminal acetylenes is 1. The van der Waals surface area contributed by atoms with E-state index in [0.29, 0.717) is 5.89 Å². The quantitative estimate of drug-likeness (QED) is 0.643. The molecular formula is C8H9N3O3. The molecule has 0 aliphatic rings. The monoisotopic (exact) mass is 195 g/mol. The van der Waals surface area contributed by atoms with Gasteiger partial charge in [0.15, 0.2) is 6.33 Å². The third kappa shape index (κ3) is 3.25. The van der Waals surface area contributed by atoms with Gasteiger partial charge in [-0.2, -0.15) is 4.98 Å². The van der Waals surface area contributed by atoms with Crippen LogP contribution in [-0.4, -0.2) is 39.2 Å². The van der Waals surface area contributed by atoms with Crippen LogP contribution in [0.2, 0.25) is 0 Å². The highest BCUT2D eigenvalue weighted by Gasteiger charge is 2.11. The van der Waals surface area contributed by atoms with E-state index < -0.39 is 5.97 Å². The van der Waals surface area contributed by atoms with E-state index in [1.807, 2.05) is 0 Å². The van der Waals surface area contributed by atoms with Crippen molar-refractivity contribution in [2.24, 2.45) is 0 Å². The van der Waals surface area contributed by atoms with Crippen LogP contribution in [0.25, 0.3) is 0 Å². The Kier molecular flexibility index (Phi) is 3.64. The molecule has 6 nitrogen and oxygen atoms in total. The molecule has 1 rings (SSSR count). The first kappa shape index (κ1) is 10.2. The fraction of sp³-hybridized carbons (Fsp3) is 0.375. The van der Waals surface area contributed by atoms with Gasteiger partial charge in [0.05, 0.1) is 19.6 Å². The minimum Gasteiger partial charge on any atom is -0.480 e. The van der Waals surface area contributed by atoms with Crippen molar-refractivity contribution in [2.75, 3.05) is 13.1 Å². The Hall–Kier alpha value is -1.87. The molecule has 1 heterocycles. The molecule has 0 spiro atoms. The summed E-state index contributed by atoms with van der Waals surface area (Å²) in [6, 6.07) is 0. The van der Waals surface area contributed by atoms with E-state index >= 15 is 0 Å². The summed E-state index contributed by atoms with van der Waals surface area (Å²) < 4.78 is 4.73. The van der Waals surface area contributed by atoms with Crippen LogP contribution in [-0.2, 0) is 11.3 Å². The largest absolute Gasteiger partial charge is 0.480 e.